The molecule has 0 heterocycles. The fraction of sp³-hybridized carbons (Fsp3) is 0.400. The summed E-state index contributed by atoms with van der Waals surface area (Å²) in [6.07, 6.45) is -4.49. The van der Waals surface area contributed by atoms with Gasteiger partial charge in [0.15, 0.2) is 0 Å². The fourth-order valence-electron chi connectivity index (χ4n) is 1.34. The van der Waals surface area contributed by atoms with Crippen molar-refractivity contribution in [2.45, 2.75) is 12.6 Å². The van der Waals surface area contributed by atoms with Crippen LogP contribution in [0.3, 0.4) is 0 Å². The minimum Gasteiger partial charge on any atom is -0.496 e. The summed E-state index contributed by atoms with van der Waals surface area (Å²) in [6, 6.07) is 2.24. The number of ether oxygens (including phenoxy) is 1. The van der Waals surface area contributed by atoms with Gasteiger partial charge in [0, 0.05) is 6.61 Å². The number of hydrogen-bond acceptors (Lipinski definition) is 2. The number of methoxy groups -OCH3 is 1. The van der Waals surface area contributed by atoms with Gasteiger partial charge in [-0.2, -0.15) is 13.2 Å². The highest BCUT2D eigenvalue weighted by Gasteiger charge is 2.34. The van der Waals surface area contributed by atoms with Crippen LogP contribution in [0, 0.1) is 0 Å². The van der Waals surface area contributed by atoms with Crippen molar-refractivity contribution in [1.82, 2.24) is 0 Å². The standard InChI is InChI=1S/C10H10BrF3O2/c1-16-9-5-7(10(12,13)14)6(2-3-15)4-8(9)11/h4-5,15H,2-3H2,1H3. The summed E-state index contributed by atoms with van der Waals surface area (Å²) in [7, 11) is 1.30. The Kier molecular flexibility index (Phi) is 4.21. The molecule has 0 radical (unpaired) electrons. The number of halogens is 4. The fourth-order valence-corrected chi connectivity index (χ4v) is 1.89. The van der Waals surface area contributed by atoms with Crippen LogP contribution >= 0.6 is 15.9 Å². The molecule has 0 saturated heterocycles. The summed E-state index contributed by atoms with van der Waals surface area (Å²) in [5.41, 5.74) is -0.732. The maximum Gasteiger partial charge on any atom is 0.416 e. The van der Waals surface area contributed by atoms with E-state index >= 15 is 0 Å². The van der Waals surface area contributed by atoms with Crippen LogP contribution in [0.1, 0.15) is 11.1 Å². The van der Waals surface area contributed by atoms with E-state index in [4.69, 9.17) is 9.84 Å². The van der Waals surface area contributed by atoms with Crippen molar-refractivity contribution in [3.63, 3.8) is 0 Å². The molecule has 0 spiro atoms. The van der Waals surface area contributed by atoms with E-state index in [0.717, 1.165) is 6.07 Å². The Bertz CT molecular complexity index is 377. The first-order chi connectivity index (χ1) is 7.40. The van der Waals surface area contributed by atoms with Crippen LogP contribution in [0.4, 0.5) is 13.2 Å². The first-order valence-electron chi connectivity index (χ1n) is 4.44. The molecule has 1 aromatic carbocycles. The molecule has 0 bridgehead atoms. The minimum absolute atomic E-state index is 0.0441. The molecule has 6 heteroatoms. The highest BCUT2D eigenvalue weighted by Crippen LogP contribution is 2.38. The predicted molar refractivity (Wildman–Crippen MR) is 56.5 cm³/mol. The van der Waals surface area contributed by atoms with Gasteiger partial charge in [0.25, 0.3) is 0 Å². The molecule has 1 rings (SSSR count). The average Bonchev–Trinajstić information content (AvgIpc) is 2.16. The quantitative estimate of drug-likeness (QED) is 0.929. The summed E-state index contributed by atoms with van der Waals surface area (Å²) < 4.78 is 43.2. The number of rotatable bonds is 3. The van der Waals surface area contributed by atoms with Crippen molar-refractivity contribution in [2.75, 3.05) is 13.7 Å². The molecule has 0 aliphatic carbocycles. The smallest absolute Gasteiger partial charge is 0.416 e. The van der Waals surface area contributed by atoms with Crippen molar-refractivity contribution in [3.05, 3.63) is 27.7 Å². The molecular formula is C10H10BrF3O2. The molecule has 1 aromatic rings. The van der Waals surface area contributed by atoms with Crippen LogP contribution < -0.4 is 4.74 Å². The lowest BCUT2D eigenvalue weighted by Crippen LogP contribution is -2.11. The average molecular weight is 299 g/mol. The van der Waals surface area contributed by atoms with Gasteiger partial charge in [-0.25, -0.2) is 0 Å². The van der Waals surface area contributed by atoms with Gasteiger partial charge in [-0.05, 0) is 40.0 Å². The Morgan fingerprint density at radius 1 is 1.38 bits per heavy atom. The predicted octanol–water partition coefficient (Wildman–Crippen LogP) is 3.01. The second kappa shape index (κ2) is 5.05. The second-order valence-electron chi connectivity index (χ2n) is 3.12. The van der Waals surface area contributed by atoms with E-state index in [2.05, 4.69) is 15.9 Å². The number of benzene rings is 1. The minimum atomic E-state index is -4.45. The van der Waals surface area contributed by atoms with Gasteiger partial charge < -0.3 is 9.84 Å². The van der Waals surface area contributed by atoms with Gasteiger partial charge in [-0.3, -0.25) is 0 Å². The number of aliphatic hydroxyl groups excluding tert-OH is 1. The van der Waals surface area contributed by atoms with Crippen molar-refractivity contribution >= 4 is 15.9 Å². The third kappa shape index (κ3) is 2.89. The van der Waals surface area contributed by atoms with Crippen LogP contribution in [-0.4, -0.2) is 18.8 Å². The van der Waals surface area contributed by atoms with E-state index in [-0.39, 0.29) is 24.3 Å². The first-order valence-corrected chi connectivity index (χ1v) is 5.24. The van der Waals surface area contributed by atoms with Crippen LogP contribution in [0.5, 0.6) is 5.75 Å². The maximum absolute atomic E-state index is 12.7. The monoisotopic (exact) mass is 298 g/mol. The highest BCUT2D eigenvalue weighted by atomic mass is 79.9. The lowest BCUT2D eigenvalue weighted by atomic mass is 10.0. The second-order valence-corrected chi connectivity index (χ2v) is 3.97. The molecule has 0 atom stereocenters. The zero-order valence-corrected chi connectivity index (χ0v) is 10.0. The topological polar surface area (TPSA) is 29.5 Å². The summed E-state index contributed by atoms with van der Waals surface area (Å²) in [5.74, 6) is 0.119. The van der Waals surface area contributed by atoms with E-state index < -0.39 is 11.7 Å². The Morgan fingerprint density at radius 2 is 2.00 bits per heavy atom. The lowest BCUT2D eigenvalue weighted by Gasteiger charge is -2.14. The Morgan fingerprint density at radius 3 is 2.44 bits per heavy atom. The van der Waals surface area contributed by atoms with Crippen molar-refractivity contribution in [3.8, 4) is 5.75 Å². The molecule has 0 aromatic heterocycles. The normalized spacial score (nSPS) is 11.6. The Balaban J connectivity index is 3.31. The van der Waals surface area contributed by atoms with E-state index in [9.17, 15) is 13.2 Å². The largest absolute Gasteiger partial charge is 0.496 e. The zero-order chi connectivity index (χ0) is 12.3. The third-order valence-electron chi connectivity index (χ3n) is 2.06. The van der Waals surface area contributed by atoms with Gasteiger partial charge in [0.05, 0.1) is 17.1 Å². The number of hydrogen-bond donors (Lipinski definition) is 1. The Labute approximate surface area is 99.2 Å². The molecule has 2 nitrogen and oxygen atoms in total. The summed E-state index contributed by atoms with van der Waals surface area (Å²) >= 11 is 3.10. The molecular weight excluding hydrogens is 289 g/mol. The lowest BCUT2D eigenvalue weighted by molar-refractivity contribution is -0.138. The van der Waals surface area contributed by atoms with Crippen LogP contribution in [0.25, 0.3) is 0 Å². The van der Waals surface area contributed by atoms with Gasteiger partial charge in [-0.15, -0.1) is 0 Å². The van der Waals surface area contributed by atoms with Gasteiger partial charge in [0.2, 0.25) is 0 Å². The molecule has 16 heavy (non-hydrogen) atoms. The summed E-state index contributed by atoms with van der Waals surface area (Å²) in [4.78, 5) is 0. The van der Waals surface area contributed by atoms with Crippen molar-refractivity contribution < 1.29 is 23.0 Å². The molecule has 0 aliphatic heterocycles. The van der Waals surface area contributed by atoms with Crippen LogP contribution in [-0.2, 0) is 12.6 Å². The van der Waals surface area contributed by atoms with E-state index in [0.29, 0.717) is 4.47 Å². The molecule has 0 amide bonds. The van der Waals surface area contributed by atoms with Gasteiger partial charge in [0.1, 0.15) is 5.75 Å². The zero-order valence-electron chi connectivity index (χ0n) is 8.44. The molecule has 90 valence electrons. The van der Waals surface area contributed by atoms with Gasteiger partial charge in [-0.1, -0.05) is 0 Å². The SMILES string of the molecule is COc1cc(C(F)(F)F)c(CCO)cc1Br. The molecule has 0 aliphatic rings. The van der Waals surface area contributed by atoms with E-state index in [1.165, 1.54) is 13.2 Å². The summed E-state index contributed by atoms with van der Waals surface area (Å²) in [6.45, 7) is -0.331. The van der Waals surface area contributed by atoms with E-state index in [1.54, 1.807) is 0 Å². The number of aliphatic hydroxyl groups is 1. The van der Waals surface area contributed by atoms with Crippen molar-refractivity contribution in [1.29, 1.82) is 0 Å². The van der Waals surface area contributed by atoms with Crippen LogP contribution in [0.15, 0.2) is 16.6 Å². The molecule has 0 unspecified atom stereocenters. The number of alkyl halides is 3. The van der Waals surface area contributed by atoms with E-state index in [1.807, 2.05) is 0 Å². The molecule has 0 saturated carbocycles. The molecule has 0 fully saturated rings. The van der Waals surface area contributed by atoms with Crippen LogP contribution in [0.2, 0.25) is 0 Å². The molecule has 1 N–H and O–H groups in total. The summed E-state index contributed by atoms with van der Waals surface area (Å²) in [5, 5.41) is 8.71. The third-order valence-corrected chi connectivity index (χ3v) is 2.68. The van der Waals surface area contributed by atoms with Gasteiger partial charge >= 0.3 is 6.18 Å². The maximum atomic E-state index is 12.7. The highest BCUT2D eigenvalue weighted by molar-refractivity contribution is 9.10. The first kappa shape index (κ1) is 13.3. The van der Waals surface area contributed by atoms with Crippen molar-refractivity contribution in [2.24, 2.45) is 0 Å². The Hall–Kier alpha value is -0.750.